The topological polar surface area (TPSA) is 48.6 Å². The predicted molar refractivity (Wildman–Crippen MR) is 94.2 cm³/mol. The number of ketones is 1. The van der Waals surface area contributed by atoms with Crippen molar-refractivity contribution >= 4 is 55.4 Å². The van der Waals surface area contributed by atoms with Crippen molar-refractivity contribution in [2.24, 2.45) is 0 Å². The molecule has 2 nitrogen and oxygen atoms in total. The minimum Gasteiger partial charge on any atom is -0.412 e. The molecule has 6 heteroatoms. The van der Waals surface area contributed by atoms with Gasteiger partial charge in [0.2, 0.25) is 0 Å². The molecule has 0 spiro atoms. The van der Waals surface area contributed by atoms with Crippen LogP contribution in [0.4, 0.5) is 0 Å². The van der Waals surface area contributed by atoms with Gasteiger partial charge in [-0.2, -0.15) is 26.1 Å². The first-order chi connectivity index (χ1) is 5.85. The molecular formula is C10H31O2S4+. The molecule has 0 bridgehead atoms. The number of thiol groups is 1. The Labute approximate surface area is 125 Å². The Balaban J connectivity index is -0.0000000179. The van der Waals surface area contributed by atoms with Gasteiger partial charge in [-0.25, -0.2) is 0 Å². The lowest BCUT2D eigenvalue weighted by Gasteiger charge is -2.17. The minimum absolute atomic E-state index is 0. The highest BCUT2D eigenvalue weighted by Gasteiger charge is 2.11. The van der Waals surface area contributed by atoms with Gasteiger partial charge in [0.05, 0.1) is 4.08 Å². The van der Waals surface area contributed by atoms with Gasteiger partial charge in [0.15, 0.2) is 0 Å². The summed E-state index contributed by atoms with van der Waals surface area (Å²) in [5.41, 5.74) is 0. The number of hydrogen-bond acceptors (Lipinski definition) is 4. The van der Waals surface area contributed by atoms with Crippen molar-refractivity contribution < 1.29 is 11.7 Å². The van der Waals surface area contributed by atoms with E-state index in [2.05, 4.69) is 39.0 Å². The van der Waals surface area contributed by atoms with Gasteiger partial charge in [-0.05, 0) is 46.5 Å². The minimum atomic E-state index is 0. The van der Waals surface area contributed by atoms with Crippen LogP contribution < -0.4 is 0 Å². The molecule has 2 N–H and O–H groups in total. The van der Waals surface area contributed by atoms with Crippen LogP contribution in [0.1, 0.15) is 36.5 Å². The monoisotopic (exact) mass is 311 g/mol. The fraction of sp³-hybridized carbons (Fsp3) is 0.900. The van der Waals surface area contributed by atoms with E-state index in [0.717, 1.165) is 0 Å². The summed E-state index contributed by atoms with van der Waals surface area (Å²) in [6, 6.07) is 0. The first-order valence-corrected chi connectivity index (χ1v) is 7.22. The highest BCUT2D eigenvalue weighted by Crippen LogP contribution is 2.31. The van der Waals surface area contributed by atoms with E-state index in [4.69, 9.17) is 0 Å². The van der Waals surface area contributed by atoms with E-state index in [-0.39, 0.29) is 33.6 Å². The van der Waals surface area contributed by atoms with Gasteiger partial charge in [0, 0.05) is 0 Å². The maximum absolute atomic E-state index is 9.44. The molecule has 0 atom stereocenters. The Hall–Kier alpha value is 1.03. The average Bonchev–Trinajstić information content (AvgIpc) is 2.07. The Morgan fingerprint density at radius 2 is 1.25 bits per heavy atom. The molecular weight excluding hydrogens is 280 g/mol. The Bertz CT molecular complexity index is 115. The van der Waals surface area contributed by atoms with Crippen LogP contribution in [-0.4, -0.2) is 34.1 Å². The van der Waals surface area contributed by atoms with E-state index >= 15 is 0 Å². The van der Waals surface area contributed by atoms with Gasteiger partial charge in [-0.3, -0.25) is 0 Å². The third-order valence-corrected chi connectivity index (χ3v) is 3.95. The van der Waals surface area contributed by atoms with Crippen LogP contribution in [0.15, 0.2) is 0 Å². The highest BCUT2D eigenvalue weighted by atomic mass is 32.2. The summed E-state index contributed by atoms with van der Waals surface area (Å²) in [6.07, 6.45) is 5.97. The predicted octanol–water partition coefficient (Wildman–Crippen LogP) is 3.63. The standard InChI is InChI=1S/C5H12S2.C3H6O.CH4S.CH4.H2O.H2S/c1-5(2,6-3)7-4;1-3(2)4;1-2;;;/h1-4H3;1-2H3;2H,1H3;1H4;2*1H2/p+1. The summed E-state index contributed by atoms with van der Waals surface area (Å²) in [6.45, 7) is 7.50. The molecule has 0 amide bonds. The lowest BCUT2D eigenvalue weighted by atomic mass is 10.5. The highest BCUT2D eigenvalue weighted by molar-refractivity contribution is 8.17. The van der Waals surface area contributed by atoms with Gasteiger partial charge in [-0.15, -0.1) is 23.5 Å². The first kappa shape index (κ1) is 36.0. The molecule has 0 saturated carbocycles. The van der Waals surface area contributed by atoms with Gasteiger partial charge < -0.3 is 10.3 Å². The largest absolute Gasteiger partial charge is 1.00 e. The molecule has 0 rings (SSSR count). The lowest BCUT2D eigenvalue weighted by Crippen LogP contribution is -2.05. The molecule has 0 unspecified atom stereocenters. The van der Waals surface area contributed by atoms with Crippen LogP contribution in [0.25, 0.3) is 0 Å². The van der Waals surface area contributed by atoms with Crippen molar-refractivity contribution in [3.63, 3.8) is 0 Å². The van der Waals surface area contributed by atoms with Crippen molar-refractivity contribution in [3.8, 4) is 0 Å². The number of carbonyl (C=O) groups is 1. The molecule has 0 fully saturated rings. The molecule has 0 saturated heterocycles. The summed E-state index contributed by atoms with van der Waals surface area (Å²) < 4.78 is 0.417. The zero-order chi connectivity index (χ0) is 11.5. The van der Waals surface area contributed by atoms with E-state index in [0.29, 0.717) is 4.08 Å². The van der Waals surface area contributed by atoms with Crippen molar-refractivity contribution in [1.29, 1.82) is 0 Å². The SMILES string of the molecule is C.CC(C)=O.CS.CSC(C)(C)SC.O.S.[H+]. The fourth-order valence-corrected chi connectivity index (χ4v) is 0.750. The molecule has 16 heavy (non-hydrogen) atoms. The second kappa shape index (κ2) is 25.0. The maximum atomic E-state index is 9.44. The lowest BCUT2D eigenvalue weighted by molar-refractivity contribution is -0.114. The molecule has 0 aliphatic carbocycles. The molecule has 0 aromatic carbocycles. The van der Waals surface area contributed by atoms with Crippen LogP contribution in [0.2, 0.25) is 0 Å². The zero-order valence-electron chi connectivity index (χ0n) is 11.7. The molecule has 0 aromatic rings. The van der Waals surface area contributed by atoms with E-state index in [9.17, 15) is 4.79 Å². The summed E-state index contributed by atoms with van der Waals surface area (Å²) >= 11 is 7.31. The summed E-state index contributed by atoms with van der Waals surface area (Å²) in [5, 5.41) is 0. The molecule has 0 aromatic heterocycles. The zero-order valence-corrected chi connectivity index (χ0v) is 14.2. The smallest absolute Gasteiger partial charge is 0.412 e. The second-order valence-corrected chi connectivity index (χ2v) is 5.83. The normalized spacial score (nSPS) is 7.25. The van der Waals surface area contributed by atoms with E-state index in [1.54, 1.807) is 6.26 Å². The summed E-state index contributed by atoms with van der Waals surface area (Å²) in [4.78, 5) is 9.44. The Morgan fingerprint density at radius 3 is 1.25 bits per heavy atom. The summed E-state index contributed by atoms with van der Waals surface area (Å²) in [5.74, 6) is 0.167. The van der Waals surface area contributed by atoms with Gasteiger partial charge >= 0.3 is 1.43 Å². The van der Waals surface area contributed by atoms with E-state index in [1.807, 2.05) is 23.5 Å². The molecule has 106 valence electrons. The average molecular weight is 312 g/mol. The van der Waals surface area contributed by atoms with Crippen molar-refractivity contribution in [2.45, 2.75) is 39.2 Å². The van der Waals surface area contributed by atoms with E-state index < -0.39 is 0 Å². The van der Waals surface area contributed by atoms with Gasteiger partial charge in [0.25, 0.3) is 0 Å². The third kappa shape index (κ3) is 59.9. The van der Waals surface area contributed by atoms with Crippen molar-refractivity contribution in [2.75, 3.05) is 18.8 Å². The van der Waals surface area contributed by atoms with Crippen LogP contribution >= 0.6 is 49.6 Å². The van der Waals surface area contributed by atoms with Crippen molar-refractivity contribution in [3.05, 3.63) is 0 Å². The number of Topliss-reactive ketones (excluding diaryl/α,β-unsaturated/α-hetero) is 1. The molecule has 0 aliphatic rings. The van der Waals surface area contributed by atoms with Crippen LogP contribution in [0.5, 0.6) is 0 Å². The van der Waals surface area contributed by atoms with Crippen molar-refractivity contribution in [1.82, 2.24) is 0 Å². The first-order valence-electron chi connectivity index (χ1n) is 3.88. The number of carbonyl (C=O) groups excluding carboxylic acids is 1. The molecule has 0 radical (unpaired) electrons. The van der Waals surface area contributed by atoms with Crippen LogP contribution in [0.3, 0.4) is 0 Å². The number of thioether (sulfide) groups is 2. The number of rotatable bonds is 2. The van der Waals surface area contributed by atoms with E-state index in [1.165, 1.54) is 13.8 Å². The summed E-state index contributed by atoms with van der Waals surface area (Å²) in [7, 11) is 0. The molecule has 0 aliphatic heterocycles. The second-order valence-electron chi connectivity index (χ2n) is 2.72. The molecule has 0 heterocycles. The Morgan fingerprint density at radius 1 is 1.12 bits per heavy atom. The van der Waals surface area contributed by atoms with Crippen LogP contribution in [0, 0.1) is 0 Å². The Kier molecular flexibility index (Phi) is 56.3. The fourth-order valence-electron chi connectivity index (χ4n) is 0.0833. The quantitative estimate of drug-likeness (QED) is 0.626. The van der Waals surface area contributed by atoms with Crippen LogP contribution in [-0.2, 0) is 4.79 Å². The number of hydrogen-bond donors (Lipinski definition) is 1. The van der Waals surface area contributed by atoms with Gasteiger partial charge in [0.1, 0.15) is 5.78 Å². The third-order valence-electron chi connectivity index (χ3n) is 0.983. The van der Waals surface area contributed by atoms with Gasteiger partial charge in [-0.1, -0.05) is 7.43 Å². The maximum Gasteiger partial charge on any atom is 1.00 e.